The summed E-state index contributed by atoms with van der Waals surface area (Å²) >= 11 is 0. The zero-order chi connectivity index (χ0) is 11.9. The molecule has 0 spiro atoms. The number of rotatable bonds is 1. The van der Waals surface area contributed by atoms with Gasteiger partial charge in [-0.2, -0.15) is 0 Å². The standard InChI is InChI=1S/C18H14.Ti/c1-2-7-13(6-1)15-10-5-11-17-16-9-4-3-8-14(16)12-18(15)17;/h1-6,8-11H,7,12H2;. The van der Waals surface area contributed by atoms with Gasteiger partial charge in [-0.05, 0) is 46.2 Å². The third-order valence-electron chi connectivity index (χ3n) is 3.97. The first kappa shape index (κ1) is 12.7. The van der Waals surface area contributed by atoms with Crippen LogP contribution < -0.4 is 0 Å². The molecule has 0 radical (unpaired) electrons. The molecule has 2 aliphatic carbocycles. The van der Waals surface area contributed by atoms with Crippen molar-refractivity contribution in [2.24, 2.45) is 0 Å². The smallest absolute Gasteiger partial charge is 0 e. The van der Waals surface area contributed by atoms with E-state index >= 15 is 0 Å². The molecule has 2 aromatic carbocycles. The molecule has 4 rings (SSSR count). The second-order valence-electron chi connectivity index (χ2n) is 4.99. The van der Waals surface area contributed by atoms with Gasteiger partial charge in [0.1, 0.15) is 0 Å². The first-order valence-corrected chi connectivity index (χ1v) is 6.50. The van der Waals surface area contributed by atoms with E-state index in [-0.39, 0.29) is 21.7 Å². The molecule has 0 N–H and O–H groups in total. The SMILES string of the molecule is C1=CCC(c2cccc3c2Cc2ccccc2-3)=C1.[Ti]. The molecule has 19 heavy (non-hydrogen) atoms. The topological polar surface area (TPSA) is 0 Å². The molecule has 0 nitrogen and oxygen atoms in total. The van der Waals surface area contributed by atoms with Gasteiger partial charge in [0.05, 0.1) is 0 Å². The summed E-state index contributed by atoms with van der Waals surface area (Å²) in [4.78, 5) is 0. The summed E-state index contributed by atoms with van der Waals surface area (Å²) in [5.74, 6) is 0. The van der Waals surface area contributed by atoms with E-state index in [2.05, 4.69) is 60.7 Å². The van der Waals surface area contributed by atoms with E-state index in [9.17, 15) is 0 Å². The van der Waals surface area contributed by atoms with E-state index in [1.54, 1.807) is 0 Å². The van der Waals surface area contributed by atoms with Gasteiger partial charge in [-0.25, -0.2) is 0 Å². The Labute approximate surface area is 128 Å². The maximum atomic E-state index is 2.27. The number of hydrogen-bond acceptors (Lipinski definition) is 0. The molecular weight excluding hydrogens is 264 g/mol. The second-order valence-corrected chi connectivity index (χ2v) is 4.99. The van der Waals surface area contributed by atoms with Gasteiger partial charge in [0, 0.05) is 21.7 Å². The number of allylic oxidation sites excluding steroid dienone is 4. The van der Waals surface area contributed by atoms with Gasteiger partial charge in [0.15, 0.2) is 0 Å². The van der Waals surface area contributed by atoms with Crippen molar-refractivity contribution in [1.82, 2.24) is 0 Å². The van der Waals surface area contributed by atoms with Crippen LogP contribution in [0.5, 0.6) is 0 Å². The summed E-state index contributed by atoms with van der Waals surface area (Å²) in [6.07, 6.45) is 8.80. The Kier molecular flexibility index (Phi) is 3.30. The van der Waals surface area contributed by atoms with Crippen LogP contribution in [0.15, 0.2) is 60.7 Å². The molecule has 0 saturated carbocycles. The first-order chi connectivity index (χ1) is 8.93. The van der Waals surface area contributed by atoms with Gasteiger partial charge in [-0.15, -0.1) is 0 Å². The third kappa shape index (κ3) is 1.96. The minimum Gasteiger partial charge on any atom is -0.0801 e. The molecule has 0 bridgehead atoms. The van der Waals surface area contributed by atoms with Crippen molar-refractivity contribution in [1.29, 1.82) is 0 Å². The predicted octanol–water partition coefficient (Wildman–Crippen LogP) is 4.60. The summed E-state index contributed by atoms with van der Waals surface area (Å²) in [7, 11) is 0. The molecule has 0 saturated heterocycles. The van der Waals surface area contributed by atoms with Crippen molar-refractivity contribution in [2.75, 3.05) is 0 Å². The number of fused-ring (bicyclic) bond motifs is 3. The summed E-state index contributed by atoms with van der Waals surface area (Å²) in [6, 6.07) is 15.5. The average Bonchev–Trinajstić information content (AvgIpc) is 3.05. The zero-order valence-corrected chi connectivity index (χ0v) is 12.2. The van der Waals surface area contributed by atoms with Gasteiger partial charge in [0.2, 0.25) is 0 Å². The van der Waals surface area contributed by atoms with E-state index in [0.29, 0.717) is 0 Å². The number of benzene rings is 2. The average molecular weight is 278 g/mol. The molecule has 0 aromatic heterocycles. The van der Waals surface area contributed by atoms with Gasteiger partial charge in [-0.1, -0.05) is 60.7 Å². The van der Waals surface area contributed by atoms with Crippen LogP contribution in [-0.4, -0.2) is 0 Å². The molecule has 2 aliphatic rings. The Balaban J connectivity index is 0.00000110. The molecule has 2 aromatic rings. The second kappa shape index (κ2) is 4.96. The quantitative estimate of drug-likeness (QED) is 0.571. The normalized spacial score (nSPS) is 14.6. The fourth-order valence-electron chi connectivity index (χ4n) is 3.11. The van der Waals surface area contributed by atoms with Crippen molar-refractivity contribution >= 4 is 5.57 Å². The largest absolute Gasteiger partial charge is 0.0801 e. The van der Waals surface area contributed by atoms with Crippen LogP contribution in [0.2, 0.25) is 0 Å². The Morgan fingerprint density at radius 3 is 2.42 bits per heavy atom. The van der Waals surface area contributed by atoms with E-state index < -0.39 is 0 Å². The Morgan fingerprint density at radius 1 is 0.789 bits per heavy atom. The maximum absolute atomic E-state index is 2.27. The molecule has 0 unspecified atom stereocenters. The van der Waals surface area contributed by atoms with E-state index in [4.69, 9.17) is 0 Å². The van der Waals surface area contributed by atoms with Gasteiger partial charge >= 0.3 is 0 Å². The third-order valence-corrected chi connectivity index (χ3v) is 3.97. The van der Waals surface area contributed by atoms with Crippen molar-refractivity contribution in [2.45, 2.75) is 12.8 Å². The van der Waals surface area contributed by atoms with E-state index in [1.165, 1.54) is 33.4 Å². The van der Waals surface area contributed by atoms with Gasteiger partial charge in [-0.3, -0.25) is 0 Å². The minimum absolute atomic E-state index is 0. The van der Waals surface area contributed by atoms with Crippen LogP contribution in [0.25, 0.3) is 16.7 Å². The molecule has 0 amide bonds. The maximum Gasteiger partial charge on any atom is 0 e. The molecular formula is C18H14Ti. The predicted molar refractivity (Wildman–Crippen MR) is 76.4 cm³/mol. The number of hydrogen-bond donors (Lipinski definition) is 0. The molecule has 90 valence electrons. The van der Waals surface area contributed by atoms with E-state index in [0.717, 1.165) is 12.8 Å². The van der Waals surface area contributed by atoms with Gasteiger partial charge in [0.25, 0.3) is 0 Å². The fourth-order valence-corrected chi connectivity index (χ4v) is 3.11. The van der Waals surface area contributed by atoms with Crippen LogP contribution >= 0.6 is 0 Å². The van der Waals surface area contributed by atoms with Crippen LogP contribution in [0.4, 0.5) is 0 Å². The van der Waals surface area contributed by atoms with E-state index in [1.807, 2.05) is 0 Å². The van der Waals surface area contributed by atoms with Crippen LogP contribution in [0.1, 0.15) is 23.1 Å². The van der Waals surface area contributed by atoms with Crippen molar-refractivity contribution in [3.8, 4) is 11.1 Å². The summed E-state index contributed by atoms with van der Waals surface area (Å²) in [6.45, 7) is 0. The van der Waals surface area contributed by atoms with Crippen molar-refractivity contribution < 1.29 is 21.7 Å². The van der Waals surface area contributed by atoms with Crippen molar-refractivity contribution in [3.05, 3.63) is 77.4 Å². The fraction of sp³-hybridized carbons (Fsp3) is 0.111. The molecule has 0 aliphatic heterocycles. The zero-order valence-electron chi connectivity index (χ0n) is 10.7. The van der Waals surface area contributed by atoms with Crippen molar-refractivity contribution in [3.63, 3.8) is 0 Å². The Bertz CT molecular complexity index is 693. The van der Waals surface area contributed by atoms with Gasteiger partial charge < -0.3 is 0 Å². The molecule has 0 atom stereocenters. The minimum atomic E-state index is 0. The summed E-state index contributed by atoms with van der Waals surface area (Å²) < 4.78 is 0. The molecule has 0 heterocycles. The summed E-state index contributed by atoms with van der Waals surface area (Å²) in [5, 5.41) is 0. The van der Waals surface area contributed by atoms with Crippen LogP contribution in [0, 0.1) is 0 Å². The monoisotopic (exact) mass is 278 g/mol. The Hall–Kier alpha value is -1.37. The molecule has 1 heteroatoms. The van der Waals surface area contributed by atoms with Crippen LogP contribution in [0.3, 0.4) is 0 Å². The summed E-state index contributed by atoms with van der Waals surface area (Å²) in [5.41, 5.74) is 8.71. The van der Waals surface area contributed by atoms with Crippen LogP contribution in [-0.2, 0) is 28.1 Å². The Morgan fingerprint density at radius 2 is 1.58 bits per heavy atom. The first-order valence-electron chi connectivity index (χ1n) is 6.50. The molecule has 0 fully saturated rings.